The Bertz CT molecular complexity index is 1030. The molecule has 0 N–H and O–H groups in total. The van der Waals surface area contributed by atoms with Gasteiger partial charge >= 0.3 is 0 Å². The quantitative estimate of drug-likeness (QED) is 0.649. The molecule has 0 bridgehead atoms. The van der Waals surface area contributed by atoms with Crippen LogP contribution in [0, 0.1) is 12.7 Å². The molecule has 1 aliphatic heterocycles. The molecule has 0 aliphatic carbocycles. The van der Waals surface area contributed by atoms with Crippen molar-refractivity contribution in [2.24, 2.45) is 0 Å². The molecule has 1 aliphatic rings. The fraction of sp³-hybridized carbons (Fsp3) is 0.227. The van der Waals surface area contributed by atoms with Crippen molar-refractivity contribution in [3.05, 3.63) is 76.8 Å². The molecule has 29 heavy (non-hydrogen) atoms. The number of aryl methyl sites for hydroxylation is 1. The molecule has 4 rings (SSSR count). The highest BCUT2D eigenvalue weighted by Crippen LogP contribution is 2.23. The second-order valence-corrected chi connectivity index (χ2v) is 7.47. The number of benzene rings is 2. The van der Waals surface area contributed by atoms with Crippen LogP contribution in [0.25, 0.3) is 11.3 Å². The van der Waals surface area contributed by atoms with Crippen LogP contribution >= 0.6 is 11.6 Å². The lowest BCUT2D eigenvalue weighted by atomic mass is 10.1. The van der Waals surface area contributed by atoms with Crippen molar-refractivity contribution >= 4 is 23.3 Å². The van der Waals surface area contributed by atoms with E-state index in [1.54, 1.807) is 11.2 Å². The molecule has 1 amide bonds. The van der Waals surface area contributed by atoms with Crippen molar-refractivity contribution in [3.63, 3.8) is 0 Å². The minimum atomic E-state index is -0.555. The van der Waals surface area contributed by atoms with E-state index in [9.17, 15) is 9.18 Å². The van der Waals surface area contributed by atoms with E-state index < -0.39 is 5.82 Å². The van der Waals surface area contributed by atoms with Gasteiger partial charge in [-0.25, -0.2) is 14.4 Å². The van der Waals surface area contributed by atoms with Crippen molar-refractivity contribution in [2.75, 3.05) is 31.1 Å². The number of carbonyl (C=O) groups is 1. The maximum Gasteiger partial charge on any atom is 0.257 e. The highest BCUT2D eigenvalue weighted by atomic mass is 35.5. The first-order valence-corrected chi connectivity index (χ1v) is 9.77. The molecule has 1 aromatic heterocycles. The molecular weight excluding hydrogens is 391 g/mol. The van der Waals surface area contributed by atoms with Crippen molar-refractivity contribution in [2.45, 2.75) is 6.92 Å². The summed E-state index contributed by atoms with van der Waals surface area (Å²) in [4.78, 5) is 25.2. The molecular formula is C22H20ClFN4O. The number of halogens is 2. The number of hydrogen-bond donors (Lipinski definition) is 0. The van der Waals surface area contributed by atoms with Crippen LogP contribution < -0.4 is 4.90 Å². The molecule has 0 saturated carbocycles. The Kier molecular flexibility index (Phi) is 5.45. The molecule has 0 atom stereocenters. The summed E-state index contributed by atoms with van der Waals surface area (Å²) in [5.74, 6) is -0.0790. The van der Waals surface area contributed by atoms with Crippen LogP contribution in [0.4, 0.5) is 10.2 Å². The number of hydrogen-bond acceptors (Lipinski definition) is 4. The second kappa shape index (κ2) is 8.17. The average Bonchev–Trinajstić information content (AvgIpc) is 2.76. The molecule has 0 unspecified atom stereocenters. The van der Waals surface area contributed by atoms with Crippen LogP contribution in [0.3, 0.4) is 0 Å². The zero-order chi connectivity index (χ0) is 20.4. The van der Waals surface area contributed by atoms with Crippen molar-refractivity contribution < 1.29 is 9.18 Å². The lowest BCUT2D eigenvalue weighted by Gasteiger charge is -2.35. The smallest absolute Gasteiger partial charge is 0.257 e. The van der Waals surface area contributed by atoms with Gasteiger partial charge in [0.2, 0.25) is 0 Å². The predicted octanol–water partition coefficient (Wildman–Crippen LogP) is 4.21. The van der Waals surface area contributed by atoms with Gasteiger partial charge in [0.1, 0.15) is 18.0 Å². The number of piperazine rings is 1. The fourth-order valence-electron chi connectivity index (χ4n) is 3.37. The Hall–Kier alpha value is -2.99. The van der Waals surface area contributed by atoms with E-state index in [2.05, 4.69) is 27.0 Å². The normalized spacial score (nSPS) is 14.2. The fourth-order valence-corrected chi connectivity index (χ4v) is 3.54. The van der Waals surface area contributed by atoms with Gasteiger partial charge in [-0.3, -0.25) is 4.79 Å². The first kappa shape index (κ1) is 19.3. The van der Waals surface area contributed by atoms with Crippen LogP contribution in [0.15, 0.2) is 54.9 Å². The van der Waals surface area contributed by atoms with Crippen molar-refractivity contribution in [3.8, 4) is 11.3 Å². The van der Waals surface area contributed by atoms with Gasteiger partial charge in [-0.15, -0.1) is 0 Å². The number of amides is 1. The molecule has 3 aromatic rings. The molecule has 0 radical (unpaired) electrons. The maximum absolute atomic E-state index is 14.0. The Morgan fingerprint density at radius 2 is 1.72 bits per heavy atom. The predicted molar refractivity (Wildman–Crippen MR) is 112 cm³/mol. The summed E-state index contributed by atoms with van der Waals surface area (Å²) in [6, 6.07) is 14.2. The molecule has 2 aromatic carbocycles. The number of nitrogens with zero attached hydrogens (tertiary/aromatic N) is 4. The lowest BCUT2D eigenvalue weighted by Crippen LogP contribution is -2.49. The van der Waals surface area contributed by atoms with Crippen molar-refractivity contribution in [1.82, 2.24) is 14.9 Å². The molecule has 1 saturated heterocycles. The van der Waals surface area contributed by atoms with Gasteiger partial charge in [-0.2, -0.15) is 0 Å². The van der Waals surface area contributed by atoms with Crippen LogP contribution in [0.5, 0.6) is 0 Å². The SMILES string of the molecule is Cc1ccc(-c2cc(N3CCN(C(=O)c4cc(Cl)ccc4F)CC3)ncn2)cc1. The zero-order valence-corrected chi connectivity index (χ0v) is 16.7. The van der Waals surface area contributed by atoms with Gasteiger partial charge in [-0.1, -0.05) is 41.4 Å². The topological polar surface area (TPSA) is 49.3 Å². The number of carbonyl (C=O) groups excluding carboxylic acids is 1. The third-order valence-electron chi connectivity index (χ3n) is 5.05. The Morgan fingerprint density at radius 3 is 2.45 bits per heavy atom. The number of anilines is 1. The van der Waals surface area contributed by atoms with E-state index >= 15 is 0 Å². The van der Waals surface area contributed by atoms with E-state index in [0.717, 1.165) is 17.1 Å². The lowest BCUT2D eigenvalue weighted by molar-refractivity contribution is 0.0742. The summed E-state index contributed by atoms with van der Waals surface area (Å²) in [6.07, 6.45) is 1.56. The Labute approximate surface area is 173 Å². The first-order chi connectivity index (χ1) is 14.0. The monoisotopic (exact) mass is 410 g/mol. The van der Waals surface area contributed by atoms with Gasteiger partial charge < -0.3 is 9.80 Å². The van der Waals surface area contributed by atoms with Crippen LogP contribution in [-0.2, 0) is 0 Å². The number of rotatable bonds is 3. The summed E-state index contributed by atoms with van der Waals surface area (Å²) in [5, 5.41) is 0.345. The van der Waals surface area contributed by atoms with E-state index in [-0.39, 0.29) is 11.5 Å². The zero-order valence-electron chi connectivity index (χ0n) is 16.0. The third kappa shape index (κ3) is 4.22. The van der Waals surface area contributed by atoms with Gasteiger partial charge in [0.15, 0.2) is 0 Å². The van der Waals surface area contributed by atoms with Gasteiger partial charge in [0.05, 0.1) is 11.3 Å². The minimum Gasteiger partial charge on any atom is -0.353 e. The summed E-state index contributed by atoms with van der Waals surface area (Å²) >= 11 is 5.92. The maximum atomic E-state index is 14.0. The van der Waals surface area contributed by atoms with E-state index in [1.165, 1.54) is 23.8 Å². The molecule has 0 spiro atoms. The molecule has 5 nitrogen and oxygen atoms in total. The summed E-state index contributed by atoms with van der Waals surface area (Å²) in [7, 11) is 0. The highest BCUT2D eigenvalue weighted by Gasteiger charge is 2.25. The Balaban J connectivity index is 1.46. The summed E-state index contributed by atoms with van der Waals surface area (Å²) < 4.78 is 14.0. The summed E-state index contributed by atoms with van der Waals surface area (Å²) in [6.45, 7) is 4.23. The van der Waals surface area contributed by atoms with Gasteiger partial charge in [0, 0.05) is 42.8 Å². The van der Waals surface area contributed by atoms with Gasteiger partial charge in [-0.05, 0) is 25.1 Å². The largest absolute Gasteiger partial charge is 0.353 e. The highest BCUT2D eigenvalue weighted by molar-refractivity contribution is 6.31. The van der Waals surface area contributed by atoms with E-state index in [0.29, 0.717) is 31.2 Å². The van der Waals surface area contributed by atoms with E-state index in [1.807, 2.05) is 25.1 Å². The number of aromatic nitrogens is 2. The van der Waals surface area contributed by atoms with E-state index in [4.69, 9.17) is 11.6 Å². The molecule has 1 fully saturated rings. The van der Waals surface area contributed by atoms with Crippen LogP contribution in [0.1, 0.15) is 15.9 Å². The van der Waals surface area contributed by atoms with Crippen molar-refractivity contribution in [1.29, 1.82) is 0 Å². The minimum absolute atomic E-state index is 0.00893. The second-order valence-electron chi connectivity index (χ2n) is 7.03. The summed E-state index contributed by atoms with van der Waals surface area (Å²) in [5.41, 5.74) is 3.09. The van der Waals surface area contributed by atoms with Crippen LogP contribution in [-0.4, -0.2) is 47.0 Å². The average molecular weight is 411 g/mol. The standard InChI is InChI=1S/C22H20ClFN4O/c1-15-2-4-16(5-3-15)20-13-21(26-14-25-20)27-8-10-28(11-9-27)22(29)18-12-17(23)6-7-19(18)24/h2-7,12-14H,8-11H2,1H3. The first-order valence-electron chi connectivity index (χ1n) is 9.39. The molecule has 148 valence electrons. The molecule has 7 heteroatoms. The Morgan fingerprint density at radius 1 is 1.00 bits per heavy atom. The molecule has 2 heterocycles. The van der Waals surface area contributed by atoms with Gasteiger partial charge in [0.25, 0.3) is 5.91 Å². The third-order valence-corrected chi connectivity index (χ3v) is 5.28. The van der Waals surface area contributed by atoms with Crippen LogP contribution in [0.2, 0.25) is 5.02 Å².